The van der Waals surface area contributed by atoms with Crippen LogP contribution in [-0.4, -0.2) is 52.8 Å². The molecule has 0 radical (unpaired) electrons. The number of halogens is 1. The smallest absolute Gasteiger partial charge is 0.273 e. The molecule has 1 aromatic heterocycles. The first kappa shape index (κ1) is 18.4. The monoisotopic (exact) mass is 403 g/mol. The maximum Gasteiger partial charge on any atom is 0.273 e. The molecule has 3 heterocycles. The van der Waals surface area contributed by atoms with E-state index in [0.717, 1.165) is 49.3 Å². The first-order valence-corrected chi connectivity index (χ1v) is 10.7. The van der Waals surface area contributed by atoms with Gasteiger partial charge in [-0.05, 0) is 37.8 Å². The highest BCUT2D eigenvalue weighted by Gasteiger charge is 2.32. The first-order valence-electron chi connectivity index (χ1n) is 9.41. The van der Waals surface area contributed by atoms with Gasteiger partial charge in [-0.2, -0.15) is 0 Å². The standard InChI is InChI=1S/C20H22ClN3O2S/c21-16-5-3-4-15(12-16)18-22-17(13-27-18)20(26)24-10-6-14(7-11-24)19(25)23-8-1-2-9-23/h3-5,12-14H,1-2,6-11H2. The summed E-state index contributed by atoms with van der Waals surface area (Å²) in [5.41, 5.74) is 1.39. The number of rotatable bonds is 3. The lowest BCUT2D eigenvalue weighted by Gasteiger charge is -2.32. The third kappa shape index (κ3) is 4.01. The Morgan fingerprint density at radius 3 is 2.52 bits per heavy atom. The number of aromatic nitrogens is 1. The maximum absolute atomic E-state index is 12.8. The molecule has 2 aliphatic rings. The molecule has 5 nitrogen and oxygen atoms in total. The summed E-state index contributed by atoms with van der Waals surface area (Å²) in [5.74, 6) is 0.285. The molecule has 0 unspecified atom stereocenters. The SMILES string of the molecule is O=C(c1csc(-c2cccc(Cl)c2)n1)N1CCC(C(=O)N2CCCC2)CC1. The van der Waals surface area contributed by atoms with E-state index in [1.807, 2.05) is 34.1 Å². The highest BCUT2D eigenvalue weighted by Crippen LogP contribution is 2.28. The van der Waals surface area contributed by atoms with Gasteiger partial charge in [0, 0.05) is 48.1 Å². The minimum Gasteiger partial charge on any atom is -0.342 e. The van der Waals surface area contributed by atoms with Gasteiger partial charge in [0.15, 0.2) is 0 Å². The van der Waals surface area contributed by atoms with Crippen LogP contribution in [0, 0.1) is 5.92 Å². The molecule has 2 aliphatic heterocycles. The third-order valence-corrected chi connectivity index (χ3v) is 6.47. The Morgan fingerprint density at radius 2 is 1.81 bits per heavy atom. The second kappa shape index (κ2) is 7.98. The number of thiazole rings is 1. The molecule has 0 saturated carbocycles. The number of hydrogen-bond acceptors (Lipinski definition) is 4. The molecule has 0 bridgehead atoms. The minimum absolute atomic E-state index is 0.0494. The van der Waals surface area contributed by atoms with Crippen LogP contribution >= 0.6 is 22.9 Å². The van der Waals surface area contributed by atoms with Gasteiger partial charge in [0.25, 0.3) is 5.91 Å². The predicted molar refractivity (Wildman–Crippen MR) is 107 cm³/mol. The molecule has 27 heavy (non-hydrogen) atoms. The Balaban J connectivity index is 1.37. The van der Waals surface area contributed by atoms with Gasteiger partial charge in [-0.1, -0.05) is 23.7 Å². The summed E-state index contributed by atoms with van der Waals surface area (Å²) in [7, 11) is 0. The molecule has 1 aromatic carbocycles. The predicted octanol–water partition coefficient (Wildman–Crippen LogP) is 3.94. The van der Waals surface area contributed by atoms with Crippen LogP contribution in [0.15, 0.2) is 29.6 Å². The second-order valence-electron chi connectivity index (χ2n) is 7.15. The summed E-state index contributed by atoms with van der Waals surface area (Å²) in [6, 6.07) is 7.49. The maximum atomic E-state index is 12.8. The average molecular weight is 404 g/mol. The lowest BCUT2D eigenvalue weighted by Crippen LogP contribution is -2.43. The topological polar surface area (TPSA) is 53.5 Å². The normalized spacial score (nSPS) is 18.1. The van der Waals surface area contributed by atoms with Gasteiger partial charge in [0.1, 0.15) is 10.7 Å². The Kier molecular flexibility index (Phi) is 5.45. The Labute approximate surface area is 167 Å². The van der Waals surface area contributed by atoms with Crippen molar-refractivity contribution in [2.75, 3.05) is 26.2 Å². The van der Waals surface area contributed by atoms with E-state index in [4.69, 9.17) is 11.6 Å². The van der Waals surface area contributed by atoms with E-state index in [2.05, 4.69) is 4.98 Å². The molecule has 2 aromatic rings. The van der Waals surface area contributed by atoms with Crippen LogP contribution in [0.25, 0.3) is 10.6 Å². The van der Waals surface area contributed by atoms with Crippen molar-refractivity contribution in [3.8, 4) is 10.6 Å². The zero-order chi connectivity index (χ0) is 18.8. The molecule has 0 aliphatic carbocycles. The fraction of sp³-hybridized carbons (Fsp3) is 0.450. The van der Waals surface area contributed by atoms with E-state index in [9.17, 15) is 9.59 Å². The summed E-state index contributed by atoms with van der Waals surface area (Å²) in [5, 5.41) is 3.25. The van der Waals surface area contributed by atoms with E-state index < -0.39 is 0 Å². The highest BCUT2D eigenvalue weighted by molar-refractivity contribution is 7.13. The number of carbonyl (C=O) groups is 2. The van der Waals surface area contributed by atoms with E-state index in [1.54, 1.807) is 5.38 Å². The number of likely N-dealkylation sites (tertiary alicyclic amines) is 2. The Hall–Kier alpha value is -1.92. The molecular formula is C20H22ClN3O2S. The lowest BCUT2D eigenvalue weighted by atomic mass is 9.95. The van der Waals surface area contributed by atoms with Gasteiger partial charge in [0.2, 0.25) is 5.91 Å². The fourth-order valence-electron chi connectivity index (χ4n) is 3.81. The quantitative estimate of drug-likeness (QED) is 0.780. The van der Waals surface area contributed by atoms with Crippen LogP contribution in [0.4, 0.5) is 0 Å². The lowest BCUT2D eigenvalue weighted by molar-refractivity contribution is -0.135. The fourth-order valence-corrected chi connectivity index (χ4v) is 4.79. The summed E-state index contributed by atoms with van der Waals surface area (Å²) < 4.78 is 0. The molecule has 7 heteroatoms. The second-order valence-corrected chi connectivity index (χ2v) is 8.44. The number of amides is 2. The van der Waals surface area contributed by atoms with Gasteiger partial charge in [-0.3, -0.25) is 9.59 Å². The molecule has 2 amide bonds. The summed E-state index contributed by atoms with van der Waals surface area (Å²) in [4.78, 5) is 33.6. The molecule has 4 rings (SSSR count). The van der Waals surface area contributed by atoms with Crippen molar-refractivity contribution in [3.05, 3.63) is 40.4 Å². The number of hydrogen-bond donors (Lipinski definition) is 0. The summed E-state index contributed by atoms with van der Waals surface area (Å²) in [6.07, 6.45) is 3.71. The minimum atomic E-state index is -0.0494. The zero-order valence-corrected chi connectivity index (χ0v) is 16.6. The van der Waals surface area contributed by atoms with E-state index in [1.165, 1.54) is 11.3 Å². The van der Waals surface area contributed by atoms with E-state index >= 15 is 0 Å². The molecule has 0 N–H and O–H groups in total. The first-order chi connectivity index (χ1) is 13.1. The number of nitrogens with zero attached hydrogens (tertiary/aromatic N) is 3. The number of benzene rings is 1. The van der Waals surface area contributed by atoms with Gasteiger partial charge in [0.05, 0.1) is 0 Å². The van der Waals surface area contributed by atoms with Crippen molar-refractivity contribution in [2.24, 2.45) is 5.92 Å². The van der Waals surface area contributed by atoms with Crippen LogP contribution in [0.2, 0.25) is 5.02 Å². The molecular weight excluding hydrogens is 382 g/mol. The van der Waals surface area contributed by atoms with Crippen molar-refractivity contribution in [2.45, 2.75) is 25.7 Å². The Morgan fingerprint density at radius 1 is 1.07 bits per heavy atom. The molecule has 2 saturated heterocycles. The molecule has 0 spiro atoms. The number of carbonyl (C=O) groups excluding carboxylic acids is 2. The van der Waals surface area contributed by atoms with Gasteiger partial charge >= 0.3 is 0 Å². The van der Waals surface area contributed by atoms with Gasteiger partial charge in [-0.15, -0.1) is 11.3 Å². The largest absolute Gasteiger partial charge is 0.342 e. The third-order valence-electron chi connectivity index (χ3n) is 5.34. The van der Waals surface area contributed by atoms with Gasteiger partial charge < -0.3 is 9.80 Å². The van der Waals surface area contributed by atoms with Crippen LogP contribution in [0.3, 0.4) is 0 Å². The highest BCUT2D eigenvalue weighted by atomic mass is 35.5. The molecule has 0 atom stereocenters. The van der Waals surface area contributed by atoms with Crippen molar-refractivity contribution in [3.63, 3.8) is 0 Å². The van der Waals surface area contributed by atoms with Crippen LogP contribution < -0.4 is 0 Å². The van der Waals surface area contributed by atoms with E-state index in [-0.39, 0.29) is 17.7 Å². The Bertz CT molecular complexity index is 839. The molecule has 142 valence electrons. The number of piperidine rings is 1. The van der Waals surface area contributed by atoms with Crippen LogP contribution in [0.5, 0.6) is 0 Å². The zero-order valence-electron chi connectivity index (χ0n) is 15.1. The van der Waals surface area contributed by atoms with Crippen molar-refractivity contribution < 1.29 is 9.59 Å². The average Bonchev–Trinajstić information content (AvgIpc) is 3.39. The van der Waals surface area contributed by atoms with Crippen LogP contribution in [-0.2, 0) is 4.79 Å². The molecule has 2 fully saturated rings. The van der Waals surface area contributed by atoms with Crippen molar-refractivity contribution in [1.29, 1.82) is 0 Å². The van der Waals surface area contributed by atoms with E-state index in [0.29, 0.717) is 23.8 Å². The van der Waals surface area contributed by atoms with Crippen LogP contribution in [0.1, 0.15) is 36.2 Å². The summed E-state index contributed by atoms with van der Waals surface area (Å²) in [6.45, 7) is 3.02. The van der Waals surface area contributed by atoms with Crippen molar-refractivity contribution in [1.82, 2.24) is 14.8 Å². The van der Waals surface area contributed by atoms with Gasteiger partial charge in [-0.25, -0.2) is 4.98 Å². The summed E-state index contributed by atoms with van der Waals surface area (Å²) >= 11 is 7.49. The van der Waals surface area contributed by atoms with Crippen molar-refractivity contribution >= 4 is 34.8 Å².